The Morgan fingerprint density at radius 3 is 2.76 bits per heavy atom. The molecule has 0 unspecified atom stereocenters. The van der Waals surface area contributed by atoms with Gasteiger partial charge in [-0.15, -0.1) is 24.0 Å². The number of nitrogens with two attached hydrogens (primary N) is 1. The van der Waals surface area contributed by atoms with Gasteiger partial charge < -0.3 is 15.4 Å². The van der Waals surface area contributed by atoms with Gasteiger partial charge in [0.2, 0.25) is 0 Å². The van der Waals surface area contributed by atoms with Crippen LogP contribution in [0.25, 0.3) is 0 Å². The molecule has 4 nitrogen and oxygen atoms in total. The molecule has 1 aromatic rings. The molecular formula is C12H20IN3O. The molecule has 0 aliphatic heterocycles. The first kappa shape index (κ1) is 16.0. The minimum absolute atomic E-state index is 0. The molecule has 0 fully saturated rings. The summed E-state index contributed by atoms with van der Waals surface area (Å²) < 4.78 is 5.16. The molecular weight excluding hydrogens is 329 g/mol. The zero-order chi connectivity index (χ0) is 12.0. The fraction of sp³-hybridized carbons (Fsp3) is 0.417. The molecule has 17 heavy (non-hydrogen) atoms. The number of methoxy groups -OCH3 is 1. The van der Waals surface area contributed by atoms with Gasteiger partial charge in [0.25, 0.3) is 0 Å². The van der Waals surface area contributed by atoms with E-state index in [1.165, 1.54) is 0 Å². The first-order valence-electron chi connectivity index (χ1n) is 5.31. The van der Waals surface area contributed by atoms with Crippen LogP contribution in [0.3, 0.4) is 0 Å². The van der Waals surface area contributed by atoms with Crippen molar-refractivity contribution in [1.29, 1.82) is 0 Å². The third-order valence-corrected chi connectivity index (χ3v) is 2.27. The smallest absolute Gasteiger partial charge is 0.191 e. The van der Waals surface area contributed by atoms with Crippen LogP contribution in [0.5, 0.6) is 5.75 Å². The second-order valence-corrected chi connectivity index (χ2v) is 3.54. The quantitative estimate of drug-likeness (QED) is 0.515. The van der Waals surface area contributed by atoms with Crippen molar-refractivity contribution in [2.24, 2.45) is 10.7 Å². The van der Waals surface area contributed by atoms with Crippen LogP contribution in [0.2, 0.25) is 0 Å². The number of guanidine groups is 1. The van der Waals surface area contributed by atoms with Crippen molar-refractivity contribution in [3.8, 4) is 5.75 Å². The van der Waals surface area contributed by atoms with E-state index < -0.39 is 0 Å². The summed E-state index contributed by atoms with van der Waals surface area (Å²) in [5.41, 5.74) is 6.94. The van der Waals surface area contributed by atoms with Crippen LogP contribution in [0.1, 0.15) is 12.5 Å². The van der Waals surface area contributed by atoms with Crippen molar-refractivity contribution in [2.75, 3.05) is 20.7 Å². The zero-order valence-electron chi connectivity index (χ0n) is 10.5. The van der Waals surface area contributed by atoms with Crippen LogP contribution in [0.15, 0.2) is 29.3 Å². The largest absolute Gasteiger partial charge is 0.497 e. The maximum absolute atomic E-state index is 5.79. The van der Waals surface area contributed by atoms with Gasteiger partial charge in [0.15, 0.2) is 5.96 Å². The van der Waals surface area contributed by atoms with Crippen molar-refractivity contribution in [1.82, 2.24) is 4.90 Å². The van der Waals surface area contributed by atoms with E-state index in [4.69, 9.17) is 10.5 Å². The summed E-state index contributed by atoms with van der Waals surface area (Å²) in [5.74, 6) is 1.42. The van der Waals surface area contributed by atoms with E-state index in [1.807, 2.05) is 43.1 Å². The predicted molar refractivity (Wildman–Crippen MR) is 82.0 cm³/mol. The van der Waals surface area contributed by atoms with Gasteiger partial charge >= 0.3 is 0 Å². The Morgan fingerprint density at radius 1 is 1.47 bits per heavy atom. The molecule has 5 heteroatoms. The molecule has 1 rings (SSSR count). The van der Waals surface area contributed by atoms with E-state index in [2.05, 4.69) is 4.99 Å². The van der Waals surface area contributed by atoms with Gasteiger partial charge in [-0.1, -0.05) is 12.1 Å². The first-order valence-corrected chi connectivity index (χ1v) is 5.31. The third-order valence-electron chi connectivity index (χ3n) is 2.27. The standard InChI is InChI=1S/C12H19N3O.HI/c1-4-14-12(13)15(2)9-10-6-5-7-11(8-10)16-3;/h5-8H,4,9H2,1-3H3,(H2,13,14);1H. The molecule has 0 aromatic heterocycles. The van der Waals surface area contributed by atoms with Gasteiger partial charge in [-0.2, -0.15) is 0 Å². The number of hydrogen-bond donors (Lipinski definition) is 1. The van der Waals surface area contributed by atoms with Crippen molar-refractivity contribution in [3.05, 3.63) is 29.8 Å². The van der Waals surface area contributed by atoms with E-state index >= 15 is 0 Å². The lowest BCUT2D eigenvalue weighted by Gasteiger charge is -2.18. The van der Waals surface area contributed by atoms with Gasteiger partial charge in [0, 0.05) is 20.1 Å². The Morgan fingerprint density at radius 2 is 2.18 bits per heavy atom. The molecule has 0 saturated heterocycles. The number of hydrogen-bond acceptors (Lipinski definition) is 2. The highest BCUT2D eigenvalue weighted by Gasteiger charge is 2.03. The van der Waals surface area contributed by atoms with Crippen molar-refractivity contribution < 1.29 is 4.74 Å². The van der Waals surface area contributed by atoms with Crippen LogP contribution in [-0.4, -0.2) is 31.6 Å². The highest BCUT2D eigenvalue weighted by Crippen LogP contribution is 2.13. The molecule has 0 spiro atoms. The monoisotopic (exact) mass is 349 g/mol. The van der Waals surface area contributed by atoms with Crippen LogP contribution in [0.4, 0.5) is 0 Å². The summed E-state index contributed by atoms with van der Waals surface area (Å²) in [6, 6.07) is 7.93. The summed E-state index contributed by atoms with van der Waals surface area (Å²) in [7, 11) is 3.59. The number of ether oxygens (including phenoxy) is 1. The Bertz CT molecular complexity index is 369. The number of benzene rings is 1. The summed E-state index contributed by atoms with van der Waals surface area (Å²) in [4.78, 5) is 6.07. The second kappa shape index (κ2) is 8.16. The van der Waals surface area contributed by atoms with E-state index in [9.17, 15) is 0 Å². The predicted octanol–water partition coefficient (Wildman–Crippen LogP) is 2.08. The molecule has 1 aromatic carbocycles. The van der Waals surface area contributed by atoms with Gasteiger partial charge in [0.05, 0.1) is 7.11 Å². The van der Waals surface area contributed by atoms with Gasteiger partial charge in [-0.3, -0.25) is 4.99 Å². The number of halogens is 1. The molecule has 2 N–H and O–H groups in total. The second-order valence-electron chi connectivity index (χ2n) is 3.54. The lowest BCUT2D eigenvalue weighted by Crippen LogP contribution is -2.33. The van der Waals surface area contributed by atoms with E-state index in [1.54, 1.807) is 7.11 Å². The number of nitrogens with zero attached hydrogens (tertiary/aromatic N) is 2. The minimum atomic E-state index is 0. The third kappa shape index (κ3) is 5.25. The fourth-order valence-electron chi connectivity index (χ4n) is 1.41. The highest BCUT2D eigenvalue weighted by atomic mass is 127. The summed E-state index contributed by atoms with van der Waals surface area (Å²) in [6.45, 7) is 3.40. The van der Waals surface area contributed by atoms with Crippen LogP contribution in [0, 0.1) is 0 Å². The summed E-state index contributed by atoms with van der Waals surface area (Å²) in [6.07, 6.45) is 0. The lowest BCUT2D eigenvalue weighted by atomic mass is 10.2. The number of rotatable bonds is 4. The van der Waals surface area contributed by atoms with Gasteiger partial charge in [-0.05, 0) is 24.6 Å². The highest BCUT2D eigenvalue weighted by molar-refractivity contribution is 14.0. The summed E-state index contributed by atoms with van der Waals surface area (Å²) >= 11 is 0. The maximum atomic E-state index is 5.79. The van der Waals surface area contributed by atoms with Crippen LogP contribution >= 0.6 is 24.0 Å². The Labute approximate surface area is 120 Å². The van der Waals surface area contributed by atoms with Crippen LogP contribution in [-0.2, 0) is 6.54 Å². The van der Waals surface area contributed by atoms with E-state index in [-0.39, 0.29) is 24.0 Å². The molecule has 0 saturated carbocycles. The molecule has 0 radical (unpaired) electrons. The average Bonchev–Trinajstić information content (AvgIpc) is 2.29. The van der Waals surface area contributed by atoms with E-state index in [0.717, 1.165) is 17.9 Å². The average molecular weight is 349 g/mol. The molecule has 0 aliphatic rings. The molecule has 0 aliphatic carbocycles. The Kier molecular flexibility index (Phi) is 7.69. The van der Waals surface area contributed by atoms with Gasteiger partial charge in [0.1, 0.15) is 5.75 Å². The van der Waals surface area contributed by atoms with Crippen molar-refractivity contribution in [3.63, 3.8) is 0 Å². The number of aliphatic imine (C=N–C) groups is 1. The lowest BCUT2D eigenvalue weighted by molar-refractivity contribution is 0.412. The Hall–Kier alpha value is -0.980. The first-order chi connectivity index (χ1) is 7.67. The van der Waals surface area contributed by atoms with Crippen molar-refractivity contribution in [2.45, 2.75) is 13.5 Å². The molecule has 0 amide bonds. The van der Waals surface area contributed by atoms with Crippen LogP contribution < -0.4 is 10.5 Å². The van der Waals surface area contributed by atoms with Gasteiger partial charge in [-0.25, -0.2) is 0 Å². The maximum Gasteiger partial charge on any atom is 0.191 e. The molecule has 96 valence electrons. The SMILES string of the molecule is CCN=C(N)N(C)Cc1cccc(OC)c1.I. The molecule has 0 heterocycles. The normalized spacial score (nSPS) is 10.6. The summed E-state index contributed by atoms with van der Waals surface area (Å²) in [5, 5.41) is 0. The van der Waals surface area contributed by atoms with E-state index in [0.29, 0.717) is 12.5 Å². The fourth-order valence-corrected chi connectivity index (χ4v) is 1.41. The zero-order valence-corrected chi connectivity index (χ0v) is 12.8. The minimum Gasteiger partial charge on any atom is -0.497 e. The topological polar surface area (TPSA) is 50.8 Å². The Balaban J connectivity index is 0.00000256. The molecule has 0 bridgehead atoms. The van der Waals surface area contributed by atoms with Crippen molar-refractivity contribution >= 4 is 29.9 Å². The molecule has 0 atom stereocenters.